The van der Waals surface area contributed by atoms with E-state index in [1.54, 1.807) is 0 Å². The Morgan fingerprint density at radius 1 is 0.923 bits per heavy atom. The lowest BCUT2D eigenvalue weighted by atomic mass is 9.91. The minimum atomic E-state index is 0.225. The molecule has 132 valence electrons. The normalized spacial score (nSPS) is 10.6. The second-order valence-electron chi connectivity index (χ2n) is 6.17. The van der Waals surface area contributed by atoms with Crippen molar-refractivity contribution in [3.63, 3.8) is 0 Å². The Hall–Kier alpha value is -2.36. The molecule has 0 amide bonds. The van der Waals surface area contributed by atoms with Crippen LogP contribution in [0.2, 0.25) is 5.02 Å². The highest BCUT2D eigenvalue weighted by molar-refractivity contribution is 7.80. The van der Waals surface area contributed by atoms with Crippen LogP contribution in [0.1, 0.15) is 22.6 Å². The van der Waals surface area contributed by atoms with Gasteiger partial charge in [0.2, 0.25) is 0 Å². The van der Waals surface area contributed by atoms with E-state index in [1.807, 2.05) is 37.3 Å². The summed E-state index contributed by atoms with van der Waals surface area (Å²) in [4.78, 5) is 0. The molecule has 0 saturated carbocycles. The molecule has 0 aliphatic heterocycles. The molecule has 0 bridgehead atoms. The summed E-state index contributed by atoms with van der Waals surface area (Å²) in [5.41, 5.74) is 4.54. The van der Waals surface area contributed by atoms with E-state index in [4.69, 9.17) is 23.8 Å². The Bertz CT molecular complexity index is 826. The average Bonchev–Trinajstić information content (AvgIpc) is 2.66. The molecule has 0 aliphatic carbocycles. The summed E-state index contributed by atoms with van der Waals surface area (Å²) in [6.07, 6.45) is 0. The summed E-state index contributed by atoms with van der Waals surface area (Å²) >= 11 is 11.5. The van der Waals surface area contributed by atoms with Crippen LogP contribution in [-0.2, 0) is 0 Å². The highest BCUT2D eigenvalue weighted by atomic mass is 35.5. The van der Waals surface area contributed by atoms with E-state index in [9.17, 15) is 0 Å². The lowest BCUT2D eigenvalue weighted by molar-refractivity contribution is 0.761. The lowest BCUT2D eigenvalue weighted by Gasteiger charge is -2.20. The Morgan fingerprint density at radius 2 is 1.50 bits per heavy atom. The van der Waals surface area contributed by atoms with Crippen molar-refractivity contribution in [3.8, 4) is 0 Å². The van der Waals surface area contributed by atoms with Gasteiger partial charge in [-0.05, 0) is 54.0 Å². The maximum atomic E-state index is 6.02. The molecule has 2 N–H and O–H groups in total. The molecule has 0 fully saturated rings. The topological polar surface area (TPSA) is 24.1 Å². The van der Waals surface area contributed by atoms with E-state index in [2.05, 4.69) is 59.2 Å². The molecule has 0 atom stereocenters. The number of halogens is 1. The van der Waals surface area contributed by atoms with Gasteiger partial charge in [0.15, 0.2) is 5.11 Å². The van der Waals surface area contributed by atoms with Crippen molar-refractivity contribution in [3.05, 3.63) is 101 Å². The molecular weight excluding hydrogens is 360 g/mol. The fourth-order valence-electron chi connectivity index (χ4n) is 2.93. The zero-order valence-corrected chi connectivity index (χ0v) is 16.1. The summed E-state index contributed by atoms with van der Waals surface area (Å²) in [6, 6.07) is 26.7. The molecule has 0 heterocycles. The molecule has 2 nitrogen and oxygen atoms in total. The van der Waals surface area contributed by atoms with Gasteiger partial charge in [-0.2, -0.15) is 0 Å². The number of benzene rings is 3. The van der Waals surface area contributed by atoms with E-state index in [1.165, 1.54) is 11.1 Å². The van der Waals surface area contributed by atoms with Crippen LogP contribution < -0.4 is 10.6 Å². The van der Waals surface area contributed by atoms with Gasteiger partial charge in [0, 0.05) is 23.2 Å². The second-order valence-corrected chi connectivity index (χ2v) is 7.01. The minimum Gasteiger partial charge on any atom is -0.361 e. The van der Waals surface area contributed by atoms with Gasteiger partial charge in [0.05, 0.1) is 0 Å². The maximum Gasteiger partial charge on any atom is 0.170 e. The maximum absolute atomic E-state index is 6.02. The predicted octanol–water partition coefficient (Wildman–Crippen LogP) is 5.77. The van der Waals surface area contributed by atoms with Crippen LogP contribution >= 0.6 is 23.8 Å². The summed E-state index contributed by atoms with van der Waals surface area (Å²) in [6.45, 7) is 2.72. The number of anilines is 1. The predicted molar refractivity (Wildman–Crippen MR) is 115 cm³/mol. The van der Waals surface area contributed by atoms with Crippen LogP contribution in [-0.4, -0.2) is 11.7 Å². The largest absolute Gasteiger partial charge is 0.361 e. The van der Waals surface area contributed by atoms with Gasteiger partial charge in [-0.15, -0.1) is 0 Å². The molecule has 0 unspecified atom stereocenters. The van der Waals surface area contributed by atoms with Gasteiger partial charge in [0.1, 0.15) is 0 Å². The number of thiocarbonyl (C=S) groups is 1. The summed E-state index contributed by atoms with van der Waals surface area (Å²) in [5, 5.41) is 7.94. The third-order valence-corrected chi connectivity index (χ3v) is 4.79. The summed E-state index contributed by atoms with van der Waals surface area (Å²) in [7, 11) is 0. The van der Waals surface area contributed by atoms with Gasteiger partial charge < -0.3 is 10.6 Å². The minimum absolute atomic E-state index is 0.225. The first-order chi connectivity index (χ1) is 12.6. The number of nitrogens with one attached hydrogen (secondary N) is 2. The van der Waals surface area contributed by atoms with Gasteiger partial charge in [-0.25, -0.2) is 0 Å². The SMILES string of the molecule is Cc1cc(Cl)ccc1NC(=S)NCC(c1ccccc1)c1ccccc1. The first-order valence-electron chi connectivity index (χ1n) is 8.54. The van der Waals surface area contributed by atoms with Crippen molar-refractivity contribution in [2.24, 2.45) is 0 Å². The molecule has 3 aromatic rings. The van der Waals surface area contributed by atoms with Crippen molar-refractivity contribution in [2.45, 2.75) is 12.8 Å². The van der Waals surface area contributed by atoms with E-state index in [0.717, 1.165) is 16.3 Å². The number of hydrogen-bond acceptors (Lipinski definition) is 1. The second kappa shape index (κ2) is 8.84. The molecule has 0 aromatic heterocycles. The number of aryl methyl sites for hydroxylation is 1. The molecule has 4 heteroatoms. The zero-order valence-electron chi connectivity index (χ0n) is 14.6. The highest BCUT2D eigenvalue weighted by Gasteiger charge is 2.14. The zero-order chi connectivity index (χ0) is 18.4. The molecule has 26 heavy (non-hydrogen) atoms. The standard InChI is InChI=1S/C22H21ClN2S/c1-16-14-19(23)12-13-21(16)25-22(26)24-15-20(17-8-4-2-5-9-17)18-10-6-3-7-11-18/h2-14,20H,15H2,1H3,(H2,24,25,26). The Balaban J connectivity index is 1.71. The third kappa shape index (κ3) is 4.84. The van der Waals surface area contributed by atoms with Crippen molar-refractivity contribution in [1.29, 1.82) is 0 Å². The van der Waals surface area contributed by atoms with Crippen molar-refractivity contribution >= 4 is 34.6 Å². The fourth-order valence-corrected chi connectivity index (χ4v) is 3.35. The molecule has 3 aromatic carbocycles. The van der Waals surface area contributed by atoms with E-state index in [0.29, 0.717) is 11.7 Å². The first kappa shape index (κ1) is 18.4. The van der Waals surface area contributed by atoms with E-state index >= 15 is 0 Å². The molecule has 3 rings (SSSR count). The van der Waals surface area contributed by atoms with Crippen LogP contribution in [0.15, 0.2) is 78.9 Å². The molecule has 0 aliphatic rings. The van der Waals surface area contributed by atoms with Crippen molar-refractivity contribution in [1.82, 2.24) is 5.32 Å². The van der Waals surface area contributed by atoms with Gasteiger partial charge in [-0.3, -0.25) is 0 Å². The van der Waals surface area contributed by atoms with E-state index < -0.39 is 0 Å². The van der Waals surface area contributed by atoms with Crippen LogP contribution in [0.25, 0.3) is 0 Å². The van der Waals surface area contributed by atoms with Crippen LogP contribution in [0.4, 0.5) is 5.69 Å². The Morgan fingerprint density at radius 3 is 2.04 bits per heavy atom. The number of hydrogen-bond donors (Lipinski definition) is 2. The van der Waals surface area contributed by atoms with Crippen LogP contribution in [0, 0.1) is 6.92 Å². The Kier molecular flexibility index (Phi) is 6.26. The smallest absolute Gasteiger partial charge is 0.170 e. The van der Waals surface area contributed by atoms with Crippen molar-refractivity contribution in [2.75, 3.05) is 11.9 Å². The van der Waals surface area contributed by atoms with Crippen LogP contribution in [0.3, 0.4) is 0 Å². The molecule has 0 spiro atoms. The summed E-state index contributed by atoms with van der Waals surface area (Å²) in [5.74, 6) is 0.225. The Labute approximate surface area is 165 Å². The van der Waals surface area contributed by atoms with Gasteiger partial charge in [-0.1, -0.05) is 72.3 Å². The fraction of sp³-hybridized carbons (Fsp3) is 0.136. The first-order valence-corrected chi connectivity index (χ1v) is 9.33. The highest BCUT2D eigenvalue weighted by Crippen LogP contribution is 2.24. The molecule has 0 saturated heterocycles. The average molecular weight is 381 g/mol. The van der Waals surface area contributed by atoms with Crippen molar-refractivity contribution < 1.29 is 0 Å². The molecule has 0 radical (unpaired) electrons. The lowest BCUT2D eigenvalue weighted by Crippen LogP contribution is -2.32. The summed E-state index contributed by atoms with van der Waals surface area (Å²) < 4.78 is 0. The third-order valence-electron chi connectivity index (χ3n) is 4.31. The monoisotopic (exact) mass is 380 g/mol. The van der Waals surface area contributed by atoms with E-state index in [-0.39, 0.29) is 5.92 Å². The number of rotatable bonds is 5. The van der Waals surface area contributed by atoms with Gasteiger partial charge >= 0.3 is 0 Å². The quantitative estimate of drug-likeness (QED) is 0.549. The molecular formula is C22H21ClN2S. The van der Waals surface area contributed by atoms with Crippen LogP contribution in [0.5, 0.6) is 0 Å². The van der Waals surface area contributed by atoms with Gasteiger partial charge in [0.25, 0.3) is 0 Å².